The molecule has 3 rings (SSSR count). The number of rotatable bonds is 5. The van der Waals surface area contributed by atoms with Gasteiger partial charge in [-0.2, -0.15) is 5.10 Å². The highest BCUT2D eigenvalue weighted by Crippen LogP contribution is 2.17. The Balaban J connectivity index is 1.64. The molecule has 140 valence electrons. The minimum absolute atomic E-state index is 0.0562. The van der Waals surface area contributed by atoms with Crippen molar-refractivity contribution in [3.05, 3.63) is 47.8 Å². The zero-order valence-electron chi connectivity index (χ0n) is 15.2. The first kappa shape index (κ1) is 18.4. The first-order valence-electron chi connectivity index (χ1n) is 8.72. The monoisotopic (exact) mass is 359 g/mol. The maximum absolute atomic E-state index is 12.7. The highest BCUT2D eigenvalue weighted by molar-refractivity contribution is 5.76. The molecule has 1 saturated heterocycles. The fraction of sp³-hybridized carbons (Fsp3) is 0.474. The number of hydrogen-bond acceptors (Lipinski definition) is 5. The minimum Gasteiger partial charge on any atom is -0.490 e. The van der Waals surface area contributed by atoms with Crippen molar-refractivity contribution in [2.45, 2.75) is 26.0 Å². The molecule has 1 aromatic carbocycles. The number of carbonyl (C=O) groups is 1. The summed E-state index contributed by atoms with van der Waals surface area (Å²) in [5.41, 5.74) is 0.559. The van der Waals surface area contributed by atoms with Crippen LogP contribution in [-0.2, 0) is 16.1 Å². The van der Waals surface area contributed by atoms with E-state index >= 15 is 0 Å². The summed E-state index contributed by atoms with van der Waals surface area (Å²) in [5, 5.41) is 15.2. The summed E-state index contributed by atoms with van der Waals surface area (Å²) in [4.78, 5) is 14.3. The molecule has 0 unspecified atom stereocenters. The van der Waals surface area contributed by atoms with Gasteiger partial charge in [0.25, 0.3) is 0 Å². The molecule has 2 aromatic rings. The van der Waals surface area contributed by atoms with Crippen molar-refractivity contribution in [2.24, 2.45) is 0 Å². The summed E-state index contributed by atoms with van der Waals surface area (Å²) in [6.07, 6.45) is 0. The molecule has 7 nitrogen and oxygen atoms in total. The zero-order valence-corrected chi connectivity index (χ0v) is 15.2. The standard InChI is InChI=1S/C19H25N3O4/c1-15-10-16(2)22(20-15)11-18(23)21-8-9-25-13-19(24,12-21)14-26-17-6-4-3-5-7-17/h3-7,10,24H,8-9,11-14H2,1-2H3/t19-/m1/s1. The highest BCUT2D eigenvalue weighted by atomic mass is 16.5. The second-order valence-electron chi connectivity index (χ2n) is 6.78. The van der Waals surface area contributed by atoms with Crippen molar-refractivity contribution in [1.82, 2.24) is 14.7 Å². The van der Waals surface area contributed by atoms with Crippen LogP contribution in [0.15, 0.2) is 36.4 Å². The molecule has 0 spiro atoms. The van der Waals surface area contributed by atoms with E-state index in [4.69, 9.17) is 9.47 Å². The van der Waals surface area contributed by atoms with Gasteiger partial charge in [-0.3, -0.25) is 9.48 Å². The summed E-state index contributed by atoms with van der Waals surface area (Å²) in [7, 11) is 0. The van der Waals surface area contributed by atoms with Gasteiger partial charge in [-0.15, -0.1) is 0 Å². The van der Waals surface area contributed by atoms with Gasteiger partial charge in [0.05, 0.1) is 25.5 Å². The molecule has 0 aliphatic carbocycles. The number of para-hydroxylation sites is 1. The topological polar surface area (TPSA) is 76.8 Å². The molecule has 0 bridgehead atoms. The number of hydrogen-bond donors (Lipinski definition) is 1. The number of ether oxygens (including phenoxy) is 2. The largest absolute Gasteiger partial charge is 0.490 e. The quantitative estimate of drug-likeness (QED) is 0.867. The summed E-state index contributed by atoms with van der Waals surface area (Å²) in [6.45, 7) is 5.13. The van der Waals surface area contributed by atoms with E-state index in [0.717, 1.165) is 11.4 Å². The Bertz CT molecular complexity index is 746. The second kappa shape index (κ2) is 7.88. The van der Waals surface area contributed by atoms with Gasteiger partial charge >= 0.3 is 0 Å². The van der Waals surface area contributed by atoms with Gasteiger partial charge < -0.3 is 19.5 Å². The van der Waals surface area contributed by atoms with Crippen LogP contribution in [0.2, 0.25) is 0 Å². The second-order valence-corrected chi connectivity index (χ2v) is 6.78. The Morgan fingerprint density at radius 1 is 1.35 bits per heavy atom. The molecule has 1 aliphatic heterocycles. The molecule has 1 aromatic heterocycles. The molecular weight excluding hydrogens is 334 g/mol. The number of carbonyl (C=O) groups excluding carboxylic acids is 1. The van der Waals surface area contributed by atoms with E-state index in [-0.39, 0.29) is 32.2 Å². The number of aromatic nitrogens is 2. The van der Waals surface area contributed by atoms with E-state index in [2.05, 4.69) is 5.10 Å². The molecule has 1 atom stereocenters. The first-order chi connectivity index (χ1) is 12.5. The zero-order chi connectivity index (χ0) is 18.6. The van der Waals surface area contributed by atoms with Crippen molar-refractivity contribution in [3.63, 3.8) is 0 Å². The van der Waals surface area contributed by atoms with Crippen LogP contribution >= 0.6 is 0 Å². The lowest BCUT2D eigenvalue weighted by Crippen LogP contribution is -2.51. The van der Waals surface area contributed by atoms with Crippen LogP contribution in [0, 0.1) is 13.8 Å². The fourth-order valence-corrected chi connectivity index (χ4v) is 3.01. The van der Waals surface area contributed by atoms with Crippen LogP contribution in [-0.4, -0.2) is 64.2 Å². The number of amides is 1. The van der Waals surface area contributed by atoms with Gasteiger partial charge in [-0.25, -0.2) is 0 Å². The molecular formula is C19H25N3O4. The van der Waals surface area contributed by atoms with Crippen LogP contribution in [0.3, 0.4) is 0 Å². The lowest BCUT2D eigenvalue weighted by molar-refractivity contribution is -0.135. The Morgan fingerprint density at radius 3 is 2.81 bits per heavy atom. The molecule has 0 radical (unpaired) electrons. The number of benzene rings is 1. The maximum Gasteiger partial charge on any atom is 0.244 e. The molecule has 1 aliphatic rings. The first-order valence-corrected chi connectivity index (χ1v) is 8.72. The SMILES string of the molecule is Cc1cc(C)n(CC(=O)N2CCOC[C@@](O)(COc3ccccc3)C2)n1. The van der Waals surface area contributed by atoms with Crippen molar-refractivity contribution in [1.29, 1.82) is 0 Å². The third kappa shape index (κ3) is 4.62. The van der Waals surface area contributed by atoms with Crippen molar-refractivity contribution in [3.8, 4) is 5.75 Å². The molecule has 7 heteroatoms. The van der Waals surface area contributed by atoms with E-state index in [1.165, 1.54) is 0 Å². The van der Waals surface area contributed by atoms with E-state index in [0.29, 0.717) is 18.9 Å². The third-order valence-electron chi connectivity index (χ3n) is 4.35. The van der Waals surface area contributed by atoms with Crippen molar-refractivity contribution in [2.75, 3.05) is 32.9 Å². The van der Waals surface area contributed by atoms with Gasteiger partial charge in [0.1, 0.15) is 24.5 Å². The highest BCUT2D eigenvalue weighted by Gasteiger charge is 2.35. The van der Waals surface area contributed by atoms with Crippen LogP contribution < -0.4 is 4.74 Å². The molecule has 26 heavy (non-hydrogen) atoms. The fourth-order valence-electron chi connectivity index (χ4n) is 3.01. The average molecular weight is 359 g/mol. The number of nitrogens with zero attached hydrogens (tertiary/aromatic N) is 3. The summed E-state index contributed by atoms with van der Waals surface area (Å²) >= 11 is 0. The maximum atomic E-state index is 12.7. The van der Waals surface area contributed by atoms with Crippen molar-refractivity contribution < 1.29 is 19.4 Å². The minimum atomic E-state index is -1.25. The normalized spacial score (nSPS) is 20.7. The number of β-amino-alcohol motifs (C(OH)–C–C–N with tert-alkyl or cyclic N) is 1. The number of aliphatic hydroxyl groups is 1. The van der Waals surface area contributed by atoms with Crippen LogP contribution in [0.4, 0.5) is 0 Å². The lowest BCUT2D eigenvalue weighted by atomic mass is 10.1. The smallest absolute Gasteiger partial charge is 0.244 e. The predicted molar refractivity (Wildman–Crippen MR) is 96.0 cm³/mol. The van der Waals surface area contributed by atoms with Gasteiger partial charge in [0.2, 0.25) is 5.91 Å². The van der Waals surface area contributed by atoms with Gasteiger partial charge in [0, 0.05) is 12.2 Å². The molecule has 1 N–H and O–H groups in total. The van der Waals surface area contributed by atoms with Crippen LogP contribution in [0.25, 0.3) is 0 Å². The number of aryl methyl sites for hydroxylation is 2. The van der Waals surface area contributed by atoms with E-state index in [1.807, 2.05) is 50.2 Å². The Labute approximate surface area is 153 Å². The van der Waals surface area contributed by atoms with Crippen molar-refractivity contribution >= 4 is 5.91 Å². The Hall–Kier alpha value is -2.38. The third-order valence-corrected chi connectivity index (χ3v) is 4.35. The summed E-state index contributed by atoms with van der Waals surface area (Å²) in [5.74, 6) is 0.575. The van der Waals surface area contributed by atoms with Gasteiger partial charge in [-0.05, 0) is 32.0 Å². The summed E-state index contributed by atoms with van der Waals surface area (Å²) < 4.78 is 12.9. The molecule has 1 fully saturated rings. The molecule has 1 amide bonds. The van der Waals surface area contributed by atoms with E-state index < -0.39 is 5.60 Å². The van der Waals surface area contributed by atoms with Crippen LogP contribution in [0.1, 0.15) is 11.4 Å². The lowest BCUT2D eigenvalue weighted by Gasteiger charge is -2.30. The van der Waals surface area contributed by atoms with E-state index in [1.54, 1.807) is 9.58 Å². The summed E-state index contributed by atoms with van der Waals surface area (Å²) in [6, 6.07) is 11.2. The Kier molecular flexibility index (Phi) is 5.58. The predicted octanol–water partition coefficient (Wildman–Crippen LogP) is 1.17. The van der Waals surface area contributed by atoms with Crippen LogP contribution in [0.5, 0.6) is 5.75 Å². The van der Waals surface area contributed by atoms with Gasteiger partial charge in [0.15, 0.2) is 0 Å². The molecule has 0 saturated carbocycles. The average Bonchev–Trinajstić information content (AvgIpc) is 2.82. The Morgan fingerprint density at radius 2 is 2.12 bits per heavy atom. The van der Waals surface area contributed by atoms with E-state index in [9.17, 15) is 9.90 Å². The molecule has 2 heterocycles. The van der Waals surface area contributed by atoms with Gasteiger partial charge in [-0.1, -0.05) is 18.2 Å².